The Bertz CT molecular complexity index is 1040. The lowest BCUT2D eigenvalue weighted by molar-refractivity contribution is 0.102. The highest BCUT2D eigenvalue weighted by Gasteiger charge is 2.11. The van der Waals surface area contributed by atoms with Crippen molar-refractivity contribution >= 4 is 28.9 Å². The van der Waals surface area contributed by atoms with E-state index in [0.29, 0.717) is 16.9 Å². The fourth-order valence-electron chi connectivity index (χ4n) is 2.80. The zero-order valence-electron chi connectivity index (χ0n) is 15.2. The molecule has 2 aromatic carbocycles. The van der Waals surface area contributed by atoms with Gasteiger partial charge in [0.05, 0.1) is 17.6 Å². The van der Waals surface area contributed by atoms with E-state index in [1.807, 2.05) is 32.0 Å². The maximum absolute atomic E-state index is 12.5. The Morgan fingerprint density at radius 3 is 2.30 bits per heavy atom. The largest absolute Gasteiger partial charge is 0.385 e. The molecule has 0 aliphatic rings. The third kappa shape index (κ3) is 4.01. The van der Waals surface area contributed by atoms with Crippen LogP contribution in [-0.4, -0.2) is 22.7 Å². The summed E-state index contributed by atoms with van der Waals surface area (Å²) < 4.78 is 1.19. The molecule has 7 heteroatoms. The molecule has 0 spiro atoms. The first-order chi connectivity index (χ1) is 12.9. The molecule has 0 aliphatic carbocycles. The molecule has 138 valence electrons. The van der Waals surface area contributed by atoms with Crippen LogP contribution < -0.4 is 16.2 Å². The first kappa shape index (κ1) is 18.7. The van der Waals surface area contributed by atoms with Gasteiger partial charge in [0, 0.05) is 18.3 Å². The van der Waals surface area contributed by atoms with Crippen molar-refractivity contribution in [2.45, 2.75) is 13.8 Å². The first-order valence-corrected chi connectivity index (χ1v) is 8.72. The lowest BCUT2D eigenvalue weighted by atomic mass is 10.1. The van der Waals surface area contributed by atoms with Crippen LogP contribution in [0.5, 0.6) is 0 Å². The predicted octanol–water partition coefficient (Wildman–Crippen LogP) is 3.80. The highest BCUT2D eigenvalue weighted by atomic mass is 35.5. The molecular weight excluding hydrogens is 364 g/mol. The molecular formula is C20H19ClN4O2. The second-order valence-electron chi connectivity index (χ2n) is 6.22. The van der Waals surface area contributed by atoms with Crippen LogP contribution in [0, 0.1) is 13.8 Å². The van der Waals surface area contributed by atoms with E-state index in [4.69, 9.17) is 11.6 Å². The van der Waals surface area contributed by atoms with Gasteiger partial charge in [-0.05, 0) is 61.4 Å². The predicted molar refractivity (Wildman–Crippen MR) is 108 cm³/mol. The molecule has 0 fully saturated rings. The lowest BCUT2D eigenvalue weighted by Crippen LogP contribution is -2.22. The molecule has 0 aliphatic heterocycles. The summed E-state index contributed by atoms with van der Waals surface area (Å²) in [6.45, 7) is 3.96. The van der Waals surface area contributed by atoms with E-state index in [9.17, 15) is 9.59 Å². The maximum Gasteiger partial charge on any atom is 0.292 e. The summed E-state index contributed by atoms with van der Waals surface area (Å²) in [7, 11) is 1.66. The van der Waals surface area contributed by atoms with Crippen molar-refractivity contribution in [1.29, 1.82) is 0 Å². The third-order valence-electron chi connectivity index (χ3n) is 4.04. The topological polar surface area (TPSA) is 76.0 Å². The van der Waals surface area contributed by atoms with Gasteiger partial charge in [0.2, 0.25) is 0 Å². The number of nitrogens with one attached hydrogen (secondary N) is 2. The van der Waals surface area contributed by atoms with Crippen LogP contribution in [0.4, 0.5) is 11.4 Å². The highest BCUT2D eigenvalue weighted by Crippen LogP contribution is 2.17. The molecule has 3 rings (SSSR count). The number of hydrogen-bond acceptors (Lipinski definition) is 4. The van der Waals surface area contributed by atoms with Gasteiger partial charge in [0.25, 0.3) is 11.5 Å². The molecule has 1 aromatic heterocycles. The van der Waals surface area contributed by atoms with Crippen molar-refractivity contribution in [3.05, 3.63) is 80.7 Å². The number of benzene rings is 2. The van der Waals surface area contributed by atoms with Gasteiger partial charge in [-0.3, -0.25) is 9.59 Å². The summed E-state index contributed by atoms with van der Waals surface area (Å²) in [6.07, 6.45) is 1.48. The number of nitrogens with zero attached hydrogens (tertiary/aromatic N) is 2. The van der Waals surface area contributed by atoms with E-state index in [-0.39, 0.29) is 10.9 Å². The number of halogens is 1. The fraction of sp³-hybridized carbons (Fsp3) is 0.150. The number of rotatable bonds is 4. The smallest absolute Gasteiger partial charge is 0.292 e. The lowest BCUT2D eigenvalue weighted by Gasteiger charge is -2.10. The average Bonchev–Trinajstić information content (AvgIpc) is 2.63. The van der Waals surface area contributed by atoms with E-state index >= 15 is 0 Å². The molecule has 6 nitrogen and oxygen atoms in total. The van der Waals surface area contributed by atoms with Gasteiger partial charge in [-0.25, -0.2) is 0 Å². The van der Waals surface area contributed by atoms with Gasteiger partial charge >= 0.3 is 0 Å². The molecule has 0 atom stereocenters. The monoisotopic (exact) mass is 382 g/mol. The molecule has 3 aromatic rings. The van der Waals surface area contributed by atoms with Crippen LogP contribution in [0.3, 0.4) is 0 Å². The van der Waals surface area contributed by atoms with Crippen LogP contribution in [0.2, 0.25) is 5.02 Å². The van der Waals surface area contributed by atoms with Crippen molar-refractivity contribution in [2.24, 2.45) is 0 Å². The Morgan fingerprint density at radius 1 is 1.07 bits per heavy atom. The standard InChI is InChI=1S/C20H19ClN4O2/c1-12-8-13(2)10-15(9-12)24-19(26)14-4-6-16(7-5-14)25-20(27)18(21)17(22-3)11-23-25/h4-11,22H,1-3H3,(H,24,26). The first-order valence-electron chi connectivity index (χ1n) is 8.34. The minimum absolute atomic E-state index is 0.0594. The SMILES string of the molecule is CNc1cnn(-c2ccc(C(=O)Nc3cc(C)cc(C)c3)cc2)c(=O)c1Cl. The summed E-state index contributed by atoms with van der Waals surface area (Å²) in [6, 6.07) is 12.4. The number of aromatic nitrogens is 2. The van der Waals surface area contributed by atoms with Crippen LogP contribution in [0.15, 0.2) is 53.5 Å². The van der Waals surface area contributed by atoms with Crippen molar-refractivity contribution in [1.82, 2.24) is 9.78 Å². The fourth-order valence-corrected chi connectivity index (χ4v) is 3.02. The Labute approximate surface area is 161 Å². The summed E-state index contributed by atoms with van der Waals surface area (Å²) in [5, 5.41) is 9.85. The third-order valence-corrected chi connectivity index (χ3v) is 4.41. The minimum Gasteiger partial charge on any atom is -0.385 e. The van der Waals surface area contributed by atoms with E-state index < -0.39 is 5.56 Å². The Hall–Kier alpha value is -3.12. The van der Waals surface area contributed by atoms with Crippen LogP contribution in [0.1, 0.15) is 21.5 Å². The van der Waals surface area contributed by atoms with E-state index in [1.54, 1.807) is 31.3 Å². The zero-order valence-corrected chi connectivity index (χ0v) is 16.0. The number of anilines is 2. The highest BCUT2D eigenvalue weighted by molar-refractivity contribution is 6.32. The zero-order chi connectivity index (χ0) is 19.6. The van der Waals surface area contributed by atoms with Gasteiger partial charge in [0.1, 0.15) is 5.02 Å². The van der Waals surface area contributed by atoms with Crippen molar-refractivity contribution in [3.8, 4) is 5.69 Å². The van der Waals surface area contributed by atoms with Gasteiger partial charge in [-0.15, -0.1) is 0 Å². The van der Waals surface area contributed by atoms with Crippen LogP contribution in [0.25, 0.3) is 5.69 Å². The van der Waals surface area contributed by atoms with Crippen molar-refractivity contribution < 1.29 is 4.79 Å². The van der Waals surface area contributed by atoms with Gasteiger partial charge in [-0.1, -0.05) is 17.7 Å². The minimum atomic E-state index is -0.434. The Morgan fingerprint density at radius 2 is 1.70 bits per heavy atom. The second kappa shape index (κ2) is 7.63. The van der Waals surface area contributed by atoms with Crippen molar-refractivity contribution in [2.75, 3.05) is 17.7 Å². The Kier molecular flexibility index (Phi) is 5.28. The number of hydrogen-bond donors (Lipinski definition) is 2. The number of amides is 1. The summed E-state index contributed by atoms with van der Waals surface area (Å²) in [5.74, 6) is -0.226. The van der Waals surface area contributed by atoms with Crippen LogP contribution in [-0.2, 0) is 0 Å². The number of carbonyl (C=O) groups is 1. The molecule has 0 saturated carbocycles. The molecule has 0 unspecified atom stereocenters. The summed E-state index contributed by atoms with van der Waals surface area (Å²) >= 11 is 6.05. The van der Waals surface area contributed by atoms with Gasteiger partial charge in [-0.2, -0.15) is 9.78 Å². The van der Waals surface area contributed by atoms with Gasteiger partial charge in [0.15, 0.2) is 0 Å². The van der Waals surface area contributed by atoms with Crippen molar-refractivity contribution in [3.63, 3.8) is 0 Å². The van der Waals surface area contributed by atoms with Crippen LogP contribution >= 0.6 is 11.6 Å². The Balaban J connectivity index is 1.84. The number of carbonyl (C=O) groups excluding carboxylic acids is 1. The molecule has 0 saturated heterocycles. The molecule has 0 radical (unpaired) electrons. The molecule has 1 amide bonds. The quantitative estimate of drug-likeness (QED) is 0.719. The van der Waals surface area contributed by atoms with Gasteiger partial charge < -0.3 is 10.6 Å². The molecule has 1 heterocycles. The summed E-state index contributed by atoms with van der Waals surface area (Å²) in [5.41, 5.74) is 3.92. The summed E-state index contributed by atoms with van der Waals surface area (Å²) in [4.78, 5) is 24.8. The average molecular weight is 383 g/mol. The van der Waals surface area contributed by atoms with E-state index in [2.05, 4.69) is 15.7 Å². The van der Waals surface area contributed by atoms with E-state index in [0.717, 1.165) is 16.8 Å². The van der Waals surface area contributed by atoms with E-state index in [1.165, 1.54) is 10.9 Å². The second-order valence-corrected chi connectivity index (χ2v) is 6.59. The molecule has 0 bridgehead atoms. The maximum atomic E-state index is 12.5. The normalized spacial score (nSPS) is 10.5. The molecule has 2 N–H and O–H groups in total. The number of aryl methyl sites for hydroxylation is 2. The molecule has 27 heavy (non-hydrogen) atoms.